The largest absolute Gasteiger partial charge is 0.496 e. The van der Waals surface area contributed by atoms with E-state index in [2.05, 4.69) is 30.8 Å². The van der Waals surface area contributed by atoms with Crippen LogP contribution in [0.2, 0.25) is 0 Å². The molecular weight excluding hydrogens is 428 g/mol. The van der Waals surface area contributed by atoms with Gasteiger partial charge >= 0.3 is 0 Å². The Kier molecular flexibility index (Phi) is 6.85. The molecule has 0 bridgehead atoms. The molecule has 0 radical (unpaired) electrons. The first-order valence-corrected chi connectivity index (χ1v) is 10.1. The minimum atomic E-state index is -0.461. The molecule has 0 amide bonds. The van der Waals surface area contributed by atoms with E-state index in [9.17, 15) is 10.1 Å². The highest BCUT2D eigenvalue weighted by atomic mass is 16.6. The van der Waals surface area contributed by atoms with Gasteiger partial charge in [0.15, 0.2) is 0 Å². The maximum atomic E-state index is 11.1. The fourth-order valence-corrected chi connectivity index (χ4v) is 3.13. The minimum Gasteiger partial charge on any atom is -0.496 e. The number of nitrogens with one attached hydrogen (secondary N) is 2. The molecule has 0 unspecified atom stereocenters. The molecule has 2 heterocycles. The summed E-state index contributed by atoms with van der Waals surface area (Å²) in [5.74, 6) is 1.56. The van der Waals surface area contributed by atoms with Crippen LogP contribution in [-0.2, 0) is 4.74 Å². The molecular formula is C21H22N8O4. The molecule has 3 aromatic rings. The number of morpholine rings is 1. The predicted octanol–water partition coefficient (Wildman–Crippen LogP) is 2.81. The lowest BCUT2D eigenvalue weighted by Gasteiger charge is -2.27. The first kappa shape index (κ1) is 21.9. The van der Waals surface area contributed by atoms with E-state index >= 15 is 0 Å². The third kappa shape index (κ3) is 5.68. The van der Waals surface area contributed by atoms with Crippen LogP contribution in [0.1, 0.15) is 5.56 Å². The van der Waals surface area contributed by atoms with Crippen LogP contribution < -0.4 is 20.4 Å². The summed E-state index contributed by atoms with van der Waals surface area (Å²) in [5.41, 5.74) is 4.05. The van der Waals surface area contributed by atoms with Gasteiger partial charge in [-0.25, -0.2) is 5.43 Å². The van der Waals surface area contributed by atoms with Crippen LogP contribution in [-0.4, -0.2) is 59.5 Å². The topological polar surface area (TPSA) is 140 Å². The zero-order valence-electron chi connectivity index (χ0n) is 17.8. The summed E-state index contributed by atoms with van der Waals surface area (Å²) in [6, 6.07) is 13.6. The number of nitro benzene ring substituents is 1. The molecule has 2 aromatic carbocycles. The summed E-state index contributed by atoms with van der Waals surface area (Å²) < 4.78 is 10.7. The molecule has 0 atom stereocenters. The SMILES string of the molecule is COc1ccccc1C=NNc1nc(Nc2cccc([N+](=O)[O-])c2)nc(N2CCOCC2)n1. The van der Waals surface area contributed by atoms with Crippen LogP contribution in [0.5, 0.6) is 5.75 Å². The average Bonchev–Trinajstić information content (AvgIpc) is 2.85. The fourth-order valence-electron chi connectivity index (χ4n) is 3.13. The molecule has 0 saturated carbocycles. The van der Waals surface area contributed by atoms with E-state index in [1.54, 1.807) is 25.5 Å². The Labute approximate surface area is 189 Å². The van der Waals surface area contributed by atoms with E-state index in [4.69, 9.17) is 9.47 Å². The second kappa shape index (κ2) is 10.3. The number of anilines is 4. The van der Waals surface area contributed by atoms with Crippen molar-refractivity contribution in [2.24, 2.45) is 5.10 Å². The van der Waals surface area contributed by atoms with Crippen LogP contribution in [0.3, 0.4) is 0 Å². The van der Waals surface area contributed by atoms with Crippen molar-refractivity contribution in [3.8, 4) is 5.75 Å². The number of para-hydroxylation sites is 1. The van der Waals surface area contributed by atoms with Crippen LogP contribution in [0.25, 0.3) is 0 Å². The number of non-ortho nitro benzene ring substituents is 1. The van der Waals surface area contributed by atoms with Gasteiger partial charge in [0.2, 0.25) is 17.8 Å². The van der Waals surface area contributed by atoms with Crippen molar-refractivity contribution < 1.29 is 14.4 Å². The van der Waals surface area contributed by atoms with Crippen molar-refractivity contribution in [1.29, 1.82) is 0 Å². The highest BCUT2D eigenvalue weighted by molar-refractivity contribution is 5.83. The number of methoxy groups -OCH3 is 1. The summed E-state index contributed by atoms with van der Waals surface area (Å²) in [7, 11) is 1.59. The van der Waals surface area contributed by atoms with E-state index in [0.29, 0.717) is 43.7 Å². The first-order valence-electron chi connectivity index (χ1n) is 10.1. The Morgan fingerprint density at radius 3 is 2.70 bits per heavy atom. The molecule has 1 aliphatic rings. The number of hydrogen-bond donors (Lipinski definition) is 2. The third-order valence-corrected chi connectivity index (χ3v) is 4.74. The summed E-state index contributed by atoms with van der Waals surface area (Å²) in [6.45, 7) is 2.39. The van der Waals surface area contributed by atoms with Gasteiger partial charge in [0.1, 0.15) is 5.75 Å². The zero-order chi connectivity index (χ0) is 23.0. The second-order valence-electron chi connectivity index (χ2n) is 6.93. The van der Waals surface area contributed by atoms with Crippen molar-refractivity contribution in [1.82, 2.24) is 15.0 Å². The van der Waals surface area contributed by atoms with E-state index in [1.807, 2.05) is 29.2 Å². The number of hydrogen-bond acceptors (Lipinski definition) is 11. The molecule has 33 heavy (non-hydrogen) atoms. The van der Waals surface area contributed by atoms with Gasteiger partial charge in [-0.15, -0.1) is 0 Å². The lowest BCUT2D eigenvalue weighted by molar-refractivity contribution is -0.384. The minimum absolute atomic E-state index is 0.0396. The van der Waals surface area contributed by atoms with Crippen molar-refractivity contribution in [2.45, 2.75) is 0 Å². The van der Waals surface area contributed by atoms with Crippen molar-refractivity contribution >= 4 is 35.4 Å². The Morgan fingerprint density at radius 1 is 1.12 bits per heavy atom. The lowest BCUT2D eigenvalue weighted by Crippen LogP contribution is -2.37. The van der Waals surface area contributed by atoms with Crippen LogP contribution in [0.4, 0.5) is 29.2 Å². The maximum absolute atomic E-state index is 11.1. The molecule has 12 nitrogen and oxygen atoms in total. The average molecular weight is 450 g/mol. The highest BCUT2D eigenvalue weighted by Crippen LogP contribution is 2.22. The number of rotatable bonds is 8. The predicted molar refractivity (Wildman–Crippen MR) is 123 cm³/mol. The summed E-state index contributed by atoms with van der Waals surface area (Å²) >= 11 is 0. The number of hydrazone groups is 1. The number of aromatic nitrogens is 3. The molecule has 0 spiro atoms. The van der Waals surface area contributed by atoms with Crippen LogP contribution in [0, 0.1) is 10.1 Å². The van der Waals surface area contributed by atoms with Gasteiger partial charge in [-0.2, -0.15) is 20.1 Å². The van der Waals surface area contributed by atoms with E-state index < -0.39 is 4.92 Å². The van der Waals surface area contributed by atoms with Gasteiger partial charge in [-0.05, 0) is 18.2 Å². The second-order valence-corrected chi connectivity index (χ2v) is 6.93. The zero-order valence-corrected chi connectivity index (χ0v) is 17.8. The summed E-state index contributed by atoms with van der Waals surface area (Å²) in [6.07, 6.45) is 1.60. The quantitative estimate of drug-likeness (QED) is 0.299. The Bertz CT molecular complexity index is 1150. The molecule has 12 heteroatoms. The molecule has 170 valence electrons. The smallest absolute Gasteiger partial charge is 0.271 e. The third-order valence-electron chi connectivity index (χ3n) is 4.74. The summed E-state index contributed by atoms with van der Waals surface area (Å²) in [4.78, 5) is 25.9. The van der Waals surface area contributed by atoms with Crippen molar-refractivity contribution in [3.63, 3.8) is 0 Å². The molecule has 0 aliphatic carbocycles. The monoisotopic (exact) mass is 450 g/mol. The number of ether oxygens (including phenoxy) is 2. The Hall–Kier alpha value is -4.32. The van der Waals surface area contributed by atoms with Gasteiger partial charge in [-0.1, -0.05) is 18.2 Å². The molecule has 4 rings (SSSR count). The Balaban J connectivity index is 1.59. The number of nitro groups is 1. The van der Waals surface area contributed by atoms with Gasteiger partial charge in [-0.3, -0.25) is 10.1 Å². The van der Waals surface area contributed by atoms with E-state index in [-0.39, 0.29) is 17.6 Å². The Morgan fingerprint density at radius 2 is 1.91 bits per heavy atom. The molecule has 1 aromatic heterocycles. The highest BCUT2D eigenvalue weighted by Gasteiger charge is 2.17. The van der Waals surface area contributed by atoms with Gasteiger partial charge in [0.05, 0.1) is 31.5 Å². The molecule has 1 aliphatic heterocycles. The van der Waals surface area contributed by atoms with E-state index in [0.717, 1.165) is 5.56 Å². The van der Waals surface area contributed by atoms with E-state index in [1.165, 1.54) is 12.1 Å². The summed E-state index contributed by atoms with van der Waals surface area (Å²) in [5, 5.41) is 18.3. The fraction of sp³-hybridized carbons (Fsp3) is 0.238. The lowest BCUT2D eigenvalue weighted by atomic mass is 10.2. The van der Waals surface area contributed by atoms with Crippen molar-refractivity contribution in [3.05, 3.63) is 64.2 Å². The normalized spacial score (nSPS) is 13.7. The van der Waals surface area contributed by atoms with Gasteiger partial charge in [0.25, 0.3) is 5.69 Å². The molecule has 1 saturated heterocycles. The van der Waals surface area contributed by atoms with Crippen molar-refractivity contribution in [2.75, 3.05) is 49.1 Å². The number of benzene rings is 2. The van der Waals surface area contributed by atoms with Crippen LogP contribution >= 0.6 is 0 Å². The van der Waals surface area contributed by atoms with Crippen LogP contribution in [0.15, 0.2) is 53.6 Å². The maximum Gasteiger partial charge on any atom is 0.271 e. The standard InChI is InChI=1S/C21H22N8O4/c1-32-18-8-3-2-5-15(18)14-22-27-20-24-19(23-16-6-4-7-17(13-16)29(30)31)25-21(26-20)28-9-11-33-12-10-28/h2-8,13-14H,9-12H2,1H3,(H2,23,24,25,26,27). The van der Waals surface area contributed by atoms with Gasteiger partial charge < -0.3 is 19.7 Å². The van der Waals surface area contributed by atoms with Gasteiger partial charge in [0, 0.05) is 36.5 Å². The first-order chi connectivity index (χ1) is 16.1. The number of nitrogens with zero attached hydrogens (tertiary/aromatic N) is 6. The molecule has 2 N–H and O–H groups in total. The molecule has 1 fully saturated rings.